The maximum absolute atomic E-state index is 2.40. The predicted octanol–water partition coefficient (Wildman–Crippen LogP) is 5.95. The summed E-state index contributed by atoms with van der Waals surface area (Å²) < 4.78 is 0. The third-order valence-corrected chi connectivity index (χ3v) is 11.8. The molecule has 4 aliphatic rings. The topological polar surface area (TPSA) is 0 Å². The van der Waals surface area contributed by atoms with Gasteiger partial charge in [-0.1, -0.05) is 39.3 Å². The molecule has 0 aromatic carbocycles. The smallest absolute Gasteiger partial charge is 0.0708 e. The van der Waals surface area contributed by atoms with E-state index in [-0.39, 0.29) is 51.7 Å². The Morgan fingerprint density at radius 1 is 0.452 bits per heavy atom. The van der Waals surface area contributed by atoms with Gasteiger partial charge in [-0.25, -0.2) is 0 Å². The van der Waals surface area contributed by atoms with Crippen molar-refractivity contribution in [1.29, 1.82) is 0 Å². The molecule has 4 aliphatic carbocycles. The minimum absolute atomic E-state index is 0. The van der Waals surface area contributed by atoms with Crippen molar-refractivity contribution in [3.63, 3.8) is 0 Å². The van der Waals surface area contributed by atoms with Crippen LogP contribution in [-0.4, -0.2) is 25.7 Å². The van der Waals surface area contributed by atoms with Crippen LogP contribution in [0.25, 0.3) is 0 Å². The second-order valence-electron chi connectivity index (χ2n) is 8.32. The van der Waals surface area contributed by atoms with Crippen LogP contribution in [-0.2, 0) is 34.1 Å². The molecule has 0 atom stereocenters. The van der Waals surface area contributed by atoms with Crippen molar-refractivity contribution >= 4 is 25.7 Å². The monoisotopic (exact) mass is 542 g/mol. The zero-order valence-corrected chi connectivity index (χ0v) is 24.7. The molecule has 0 N–H and O–H groups in total. The quantitative estimate of drug-likeness (QED) is 0.386. The predicted molar refractivity (Wildman–Crippen MR) is 134 cm³/mol. The molecule has 0 nitrogen and oxygen atoms in total. The van der Waals surface area contributed by atoms with E-state index in [1.165, 1.54) is 22.2 Å². The molecule has 5 heteroatoms. The van der Waals surface area contributed by atoms with Gasteiger partial charge in [-0.2, -0.15) is 0 Å². The Kier molecular flexibility index (Phi) is 18.1. The Bertz CT molecular complexity index is 380. The summed E-state index contributed by atoms with van der Waals surface area (Å²) in [4.78, 5) is 0. The normalized spacial score (nSPS) is 23.2. The third kappa shape index (κ3) is 11.3. The van der Waals surface area contributed by atoms with Crippen molar-refractivity contribution in [2.45, 2.75) is 39.3 Å². The molecule has 22 radical (unpaired) electrons. The number of rotatable bonds is 4. The van der Waals surface area contributed by atoms with Gasteiger partial charge in [-0.05, 0) is 125 Å². The minimum Gasteiger partial charge on any atom is -0.0708 e. The molecule has 4 saturated carbocycles. The van der Waals surface area contributed by atoms with Gasteiger partial charge in [0.1, 0.15) is 0 Å². The van der Waals surface area contributed by atoms with E-state index in [0.29, 0.717) is 0 Å². The van der Waals surface area contributed by atoms with E-state index in [9.17, 15) is 0 Å². The van der Waals surface area contributed by atoms with Crippen LogP contribution in [0.2, 0.25) is 39.3 Å². The fourth-order valence-electron chi connectivity index (χ4n) is 3.16. The standard InChI is InChI=1S/C12H14Si.2C7H10Si.2Fe/c1-13(2,11-7-3-4-8-11)12-9-5-6-10-12;2*1-8(2)7-5-3-4-6-7;;/h3-10H,1-2H3;2*3-6H,1-2H3;;/q;;;2*+2. The Morgan fingerprint density at radius 2 is 0.677 bits per heavy atom. The molecule has 0 bridgehead atoms. The van der Waals surface area contributed by atoms with Crippen molar-refractivity contribution in [1.82, 2.24) is 0 Å². The molecule has 162 valence electrons. The zero-order valence-electron chi connectivity index (χ0n) is 19.4. The van der Waals surface area contributed by atoms with Crippen molar-refractivity contribution in [3.8, 4) is 0 Å². The maximum Gasteiger partial charge on any atom is 2.00 e. The summed E-state index contributed by atoms with van der Waals surface area (Å²) in [6, 6.07) is 0. The fraction of sp³-hybridized carbons (Fsp3) is 0.231. The molecule has 0 amide bonds. The van der Waals surface area contributed by atoms with Crippen molar-refractivity contribution in [2.24, 2.45) is 0 Å². The fourth-order valence-corrected chi connectivity index (χ4v) is 7.27. The minimum atomic E-state index is -1.35. The molecule has 0 unspecified atom stereocenters. The van der Waals surface area contributed by atoms with Gasteiger partial charge in [-0.15, -0.1) is 0 Å². The molecular weight excluding hydrogens is 508 g/mol. The van der Waals surface area contributed by atoms with Crippen molar-refractivity contribution in [2.75, 3.05) is 0 Å². The molecule has 0 saturated heterocycles. The summed E-state index contributed by atoms with van der Waals surface area (Å²) in [5, 5.41) is 0. The average molecular weight is 543 g/mol. The first-order valence-electron chi connectivity index (χ1n) is 10.3. The van der Waals surface area contributed by atoms with Crippen LogP contribution in [0.3, 0.4) is 0 Å². The summed E-state index contributed by atoms with van der Waals surface area (Å²) in [7, 11) is -1.69. The number of hydrogen-bond donors (Lipinski definition) is 0. The summed E-state index contributed by atoms with van der Waals surface area (Å²) in [6.07, 6.45) is 34.8. The van der Waals surface area contributed by atoms with E-state index >= 15 is 0 Å². The Hall–Kier alpha value is 1.69. The Balaban J connectivity index is 0.000000442. The van der Waals surface area contributed by atoms with Gasteiger partial charge in [0.15, 0.2) is 0 Å². The average Bonchev–Trinajstić information content (AvgIpc) is 3.52. The third-order valence-electron chi connectivity index (χ3n) is 5.25. The van der Waals surface area contributed by atoms with Crippen LogP contribution >= 0.6 is 0 Å². The molecule has 0 spiro atoms. The molecule has 0 aliphatic heterocycles. The second kappa shape index (κ2) is 17.2. The summed E-state index contributed by atoms with van der Waals surface area (Å²) >= 11 is 0. The van der Waals surface area contributed by atoms with Crippen LogP contribution < -0.4 is 0 Å². The van der Waals surface area contributed by atoms with Gasteiger partial charge in [-0.3, -0.25) is 0 Å². The maximum atomic E-state index is 2.40. The first-order chi connectivity index (χ1) is 13.8. The van der Waals surface area contributed by atoms with Gasteiger partial charge < -0.3 is 0 Å². The Labute approximate surface area is 222 Å². The summed E-state index contributed by atoms with van der Waals surface area (Å²) in [5.74, 6) is 0. The van der Waals surface area contributed by atoms with E-state index in [2.05, 4.69) is 142 Å². The van der Waals surface area contributed by atoms with Crippen molar-refractivity contribution in [3.05, 3.63) is 125 Å². The van der Waals surface area contributed by atoms with Gasteiger partial charge in [0.25, 0.3) is 0 Å². The van der Waals surface area contributed by atoms with E-state index in [0.717, 1.165) is 0 Å². The van der Waals surface area contributed by atoms with Gasteiger partial charge >= 0.3 is 34.1 Å². The van der Waals surface area contributed by atoms with Crippen LogP contribution in [0, 0.1) is 125 Å². The molecule has 0 aromatic rings. The molecule has 31 heavy (non-hydrogen) atoms. The van der Waals surface area contributed by atoms with Gasteiger partial charge in [0.05, 0.1) is 8.07 Å². The molecule has 4 rings (SSSR count). The van der Waals surface area contributed by atoms with Gasteiger partial charge in [0, 0.05) is 17.6 Å². The molecular formula is C26H34Fe2Si3+4. The van der Waals surface area contributed by atoms with E-state index in [1.54, 1.807) is 0 Å². The van der Waals surface area contributed by atoms with Crippen LogP contribution in [0.4, 0.5) is 0 Å². The van der Waals surface area contributed by atoms with Crippen LogP contribution in [0.5, 0.6) is 0 Å². The van der Waals surface area contributed by atoms with Crippen molar-refractivity contribution < 1.29 is 34.1 Å². The SMILES string of the molecule is C[Si](C)([C]1[CH][CH][CH][CH]1)[C]1[CH][CH][CH][CH]1.C[Si](C)[C]1[CH][CH][CH][CH]1.C[Si](C)[C]1[CH][CH][CH][CH]1.[Fe+2].[Fe+2]. The first kappa shape index (κ1) is 32.7. The van der Waals surface area contributed by atoms with Crippen LogP contribution in [0.1, 0.15) is 0 Å². The number of hydrogen-bond acceptors (Lipinski definition) is 0. The van der Waals surface area contributed by atoms with E-state index in [1.807, 2.05) is 0 Å². The Morgan fingerprint density at radius 3 is 0.871 bits per heavy atom. The molecule has 0 heterocycles. The van der Waals surface area contributed by atoms with E-state index < -0.39 is 8.07 Å². The van der Waals surface area contributed by atoms with Gasteiger partial charge in [0.2, 0.25) is 0 Å². The second-order valence-corrected chi connectivity index (χ2v) is 17.9. The van der Waals surface area contributed by atoms with E-state index in [4.69, 9.17) is 0 Å². The molecule has 4 fully saturated rings. The largest absolute Gasteiger partial charge is 2.00 e. The zero-order chi connectivity index (χ0) is 21.3. The first-order valence-corrected chi connectivity index (χ1v) is 18.3. The molecule has 0 aromatic heterocycles. The summed E-state index contributed by atoms with van der Waals surface area (Å²) in [5.41, 5.74) is 6.13. The summed E-state index contributed by atoms with van der Waals surface area (Å²) in [6.45, 7) is 14.0. The van der Waals surface area contributed by atoms with Crippen LogP contribution in [0.15, 0.2) is 0 Å².